The lowest BCUT2D eigenvalue weighted by Crippen LogP contribution is -2.28. The Morgan fingerprint density at radius 3 is 2.74 bits per heavy atom. The molecule has 1 fully saturated rings. The number of pyridine rings is 1. The third-order valence-electron chi connectivity index (χ3n) is 3.88. The summed E-state index contributed by atoms with van der Waals surface area (Å²) < 4.78 is 0. The van der Waals surface area contributed by atoms with Gasteiger partial charge in [0, 0.05) is 43.0 Å². The van der Waals surface area contributed by atoms with E-state index in [0.29, 0.717) is 23.6 Å². The molecule has 2 N–H and O–H groups in total. The first-order valence-electron chi connectivity index (χ1n) is 6.47. The van der Waals surface area contributed by atoms with E-state index >= 15 is 0 Å². The van der Waals surface area contributed by atoms with E-state index in [1.165, 1.54) is 0 Å². The summed E-state index contributed by atoms with van der Waals surface area (Å²) >= 11 is 0. The largest absolute Gasteiger partial charge is 0.326 e. The number of hydrogen-bond donors (Lipinski definition) is 1. The molecular weight excluding hydrogens is 244 g/mol. The van der Waals surface area contributed by atoms with Gasteiger partial charge in [-0.3, -0.25) is 20.0 Å². The summed E-state index contributed by atoms with van der Waals surface area (Å²) in [5, 5.41) is 11.1. The number of likely N-dealkylation sites (tertiary alicyclic amines) is 1. The third-order valence-corrected chi connectivity index (χ3v) is 3.88. The Morgan fingerprint density at radius 2 is 2.21 bits per heavy atom. The van der Waals surface area contributed by atoms with E-state index in [2.05, 4.69) is 16.8 Å². The molecule has 1 saturated heterocycles. The molecule has 0 bridgehead atoms. The number of aromatic nitrogens is 1. The SMILES string of the molecule is Cc1cnc(CN2CC(C)C(N)C2)c(C)c1[N+](=O)[O-]. The maximum absolute atomic E-state index is 11.1. The quantitative estimate of drug-likeness (QED) is 0.658. The van der Waals surface area contributed by atoms with Crippen LogP contribution in [0.1, 0.15) is 23.7 Å². The number of aryl methyl sites for hydroxylation is 1. The highest BCUT2D eigenvalue weighted by Gasteiger charge is 2.28. The lowest BCUT2D eigenvalue weighted by molar-refractivity contribution is -0.386. The van der Waals surface area contributed by atoms with Crippen molar-refractivity contribution in [3.05, 3.63) is 33.1 Å². The smallest absolute Gasteiger partial charge is 0.278 e. The van der Waals surface area contributed by atoms with Crippen molar-refractivity contribution in [2.45, 2.75) is 33.4 Å². The van der Waals surface area contributed by atoms with Crippen molar-refractivity contribution < 1.29 is 4.92 Å². The van der Waals surface area contributed by atoms with Crippen molar-refractivity contribution in [1.82, 2.24) is 9.88 Å². The van der Waals surface area contributed by atoms with Crippen molar-refractivity contribution in [3.63, 3.8) is 0 Å². The molecule has 2 atom stereocenters. The van der Waals surface area contributed by atoms with Gasteiger partial charge in [-0.05, 0) is 19.8 Å². The molecule has 2 rings (SSSR count). The molecule has 1 aromatic heterocycles. The summed E-state index contributed by atoms with van der Waals surface area (Å²) in [6, 6.07) is 0.181. The van der Waals surface area contributed by atoms with Crippen molar-refractivity contribution in [3.8, 4) is 0 Å². The van der Waals surface area contributed by atoms with Crippen LogP contribution in [0.5, 0.6) is 0 Å². The van der Waals surface area contributed by atoms with Crippen LogP contribution in [-0.4, -0.2) is 33.9 Å². The summed E-state index contributed by atoms with van der Waals surface area (Å²) in [4.78, 5) is 17.3. The normalized spacial score (nSPS) is 23.8. The van der Waals surface area contributed by atoms with Gasteiger partial charge in [0.25, 0.3) is 5.69 Å². The molecule has 2 unspecified atom stereocenters. The zero-order valence-electron chi connectivity index (χ0n) is 11.6. The molecule has 1 aromatic rings. The molecule has 6 nitrogen and oxygen atoms in total. The highest BCUT2D eigenvalue weighted by molar-refractivity contribution is 5.47. The van der Waals surface area contributed by atoms with Crippen LogP contribution in [0.2, 0.25) is 0 Å². The summed E-state index contributed by atoms with van der Waals surface area (Å²) in [6.07, 6.45) is 1.58. The van der Waals surface area contributed by atoms with Gasteiger partial charge in [-0.1, -0.05) is 6.92 Å². The van der Waals surface area contributed by atoms with Crippen LogP contribution < -0.4 is 5.73 Å². The zero-order chi connectivity index (χ0) is 14.2. The van der Waals surface area contributed by atoms with Crippen molar-refractivity contribution in [2.24, 2.45) is 11.7 Å². The minimum Gasteiger partial charge on any atom is -0.326 e. The number of nitrogens with zero attached hydrogens (tertiary/aromatic N) is 3. The van der Waals surface area contributed by atoms with Crippen molar-refractivity contribution >= 4 is 5.69 Å². The van der Waals surface area contributed by atoms with E-state index < -0.39 is 0 Å². The predicted octanol–water partition coefficient (Wildman–Crippen LogP) is 1.39. The van der Waals surface area contributed by atoms with Gasteiger partial charge in [-0.2, -0.15) is 0 Å². The topological polar surface area (TPSA) is 85.3 Å². The highest BCUT2D eigenvalue weighted by atomic mass is 16.6. The van der Waals surface area contributed by atoms with Gasteiger partial charge in [-0.25, -0.2) is 0 Å². The number of nitrogens with two attached hydrogens (primary N) is 1. The van der Waals surface area contributed by atoms with E-state index in [4.69, 9.17) is 5.73 Å². The Morgan fingerprint density at radius 1 is 1.53 bits per heavy atom. The molecule has 0 spiro atoms. The van der Waals surface area contributed by atoms with Crippen LogP contribution in [0.4, 0.5) is 5.69 Å². The second-order valence-corrected chi connectivity index (χ2v) is 5.45. The predicted molar refractivity (Wildman–Crippen MR) is 72.8 cm³/mol. The maximum Gasteiger partial charge on any atom is 0.278 e. The van der Waals surface area contributed by atoms with Gasteiger partial charge in [0.2, 0.25) is 0 Å². The number of nitro groups is 1. The van der Waals surface area contributed by atoms with Crippen LogP contribution in [0.25, 0.3) is 0 Å². The van der Waals surface area contributed by atoms with E-state index in [1.54, 1.807) is 20.0 Å². The van der Waals surface area contributed by atoms with Gasteiger partial charge in [-0.15, -0.1) is 0 Å². The highest BCUT2D eigenvalue weighted by Crippen LogP contribution is 2.26. The first-order valence-corrected chi connectivity index (χ1v) is 6.47. The minimum absolute atomic E-state index is 0.181. The van der Waals surface area contributed by atoms with E-state index in [9.17, 15) is 10.1 Å². The van der Waals surface area contributed by atoms with Crippen LogP contribution in [-0.2, 0) is 6.54 Å². The molecule has 0 saturated carbocycles. The molecule has 0 amide bonds. The van der Waals surface area contributed by atoms with Crippen LogP contribution in [0.3, 0.4) is 0 Å². The van der Waals surface area contributed by atoms with Gasteiger partial charge < -0.3 is 5.73 Å². The fraction of sp³-hybridized carbons (Fsp3) is 0.615. The van der Waals surface area contributed by atoms with Gasteiger partial charge in [0.1, 0.15) is 0 Å². The van der Waals surface area contributed by atoms with Crippen LogP contribution in [0.15, 0.2) is 6.20 Å². The van der Waals surface area contributed by atoms with E-state index in [-0.39, 0.29) is 16.7 Å². The molecule has 0 aliphatic carbocycles. The average Bonchev–Trinajstić information content (AvgIpc) is 2.62. The summed E-state index contributed by atoms with van der Waals surface area (Å²) in [5.41, 5.74) is 8.22. The van der Waals surface area contributed by atoms with Gasteiger partial charge >= 0.3 is 0 Å². The summed E-state index contributed by atoms with van der Waals surface area (Å²) in [7, 11) is 0. The molecule has 1 aliphatic rings. The molecule has 19 heavy (non-hydrogen) atoms. The second kappa shape index (κ2) is 5.22. The third kappa shape index (κ3) is 2.74. The fourth-order valence-electron chi connectivity index (χ4n) is 2.64. The first kappa shape index (κ1) is 13.9. The maximum atomic E-state index is 11.1. The monoisotopic (exact) mass is 264 g/mol. The molecule has 6 heteroatoms. The zero-order valence-corrected chi connectivity index (χ0v) is 11.6. The van der Waals surface area contributed by atoms with E-state index in [1.807, 2.05) is 0 Å². The molecule has 1 aliphatic heterocycles. The van der Waals surface area contributed by atoms with Crippen LogP contribution in [0, 0.1) is 29.9 Å². The summed E-state index contributed by atoms with van der Waals surface area (Å²) in [5.74, 6) is 0.459. The number of rotatable bonds is 3. The van der Waals surface area contributed by atoms with Crippen molar-refractivity contribution in [1.29, 1.82) is 0 Å². The van der Waals surface area contributed by atoms with Gasteiger partial charge in [0.15, 0.2) is 0 Å². The Kier molecular flexibility index (Phi) is 3.82. The summed E-state index contributed by atoms with van der Waals surface area (Å²) in [6.45, 7) is 7.99. The van der Waals surface area contributed by atoms with Crippen molar-refractivity contribution in [2.75, 3.05) is 13.1 Å². The molecule has 2 heterocycles. The van der Waals surface area contributed by atoms with Gasteiger partial charge in [0.05, 0.1) is 10.6 Å². The second-order valence-electron chi connectivity index (χ2n) is 5.45. The Balaban J connectivity index is 2.22. The Labute approximate surface area is 112 Å². The molecule has 104 valence electrons. The Hall–Kier alpha value is -1.53. The molecular formula is C13H20N4O2. The molecule has 0 aromatic carbocycles. The Bertz CT molecular complexity index is 494. The first-order chi connectivity index (χ1) is 8.90. The molecule has 0 radical (unpaired) electrons. The lowest BCUT2D eigenvalue weighted by atomic mass is 10.1. The lowest BCUT2D eigenvalue weighted by Gasteiger charge is -2.16. The number of hydrogen-bond acceptors (Lipinski definition) is 5. The van der Waals surface area contributed by atoms with E-state index in [0.717, 1.165) is 18.8 Å². The standard InChI is InChI=1S/C13H20N4O2/c1-8-4-15-12(10(3)13(8)17(18)19)7-16-5-9(2)11(14)6-16/h4,9,11H,5-7,14H2,1-3H3. The minimum atomic E-state index is -0.325. The van der Waals surface area contributed by atoms with Crippen LogP contribution >= 0.6 is 0 Å². The average molecular weight is 264 g/mol. The fourth-order valence-corrected chi connectivity index (χ4v) is 2.64.